The largest absolute Gasteiger partial charge is 0.487 e. The molecule has 3 nitrogen and oxygen atoms in total. The molecule has 2 N–H and O–H groups in total. The van der Waals surface area contributed by atoms with E-state index in [0.29, 0.717) is 11.6 Å². The van der Waals surface area contributed by atoms with Crippen molar-refractivity contribution < 1.29 is 4.74 Å². The van der Waals surface area contributed by atoms with E-state index in [2.05, 4.69) is 11.9 Å². The van der Waals surface area contributed by atoms with Gasteiger partial charge >= 0.3 is 0 Å². The first-order valence-corrected chi connectivity index (χ1v) is 7.13. The zero-order valence-electron chi connectivity index (χ0n) is 11.6. The Kier molecular flexibility index (Phi) is 5.39. The van der Waals surface area contributed by atoms with Gasteiger partial charge in [0.05, 0.1) is 5.02 Å². The van der Waals surface area contributed by atoms with Crippen LogP contribution < -0.4 is 10.5 Å². The van der Waals surface area contributed by atoms with E-state index in [4.69, 9.17) is 22.1 Å². The van der Waals surface area contributed by atoms with Crippen LogP contribution in [0.1, 0.15) is 24.5 Å². The summed E-state index contributed by atoms with van der Waals surface area (Å²) in [4.78, 5) is 3.99. The molecule has 0 bridgehead atoms. The zero-order valence-corrected chi connectivity index (χ0v) is 12.3. The lowest BCUT2D eigenvalue weighted by Gasteiger charge is -2.15. The Morgan fingerprint density at radius 3 is 2.70 bits per heavy atom. The molecule has 0 radical (unpaired) electrons. The second-order valence-corrected chi connectivity index (χ2v) is 5.15. The molecule has 1 aromatic heterocycles. The van der Waals surface area contributed by atoms with E-state index in [1.807, 2.05) is 30.3 Å². The van der Waals surface area contributed by atoms with E-state index in [-0.39, 0.29) is 6.04 Å². The van der Waals surface area contributed by atoms with E-state index in [0.717, 1.165) is 29.7 Å². The van der Waals surface area contributed by atoms with Crippen LogP contribution in [-0.4, -0.2) is 11.0 Å². The van der Waals surface area contributed by atoms with E-state index in [1.54, 1.807) is 12.4 Å². The van der Waals surface area contributed by atoms with Crippen molar-refractivity contribution in [1.82, 2.24) is 4.98 Å². The first kappa shape index (κ1) is 14.8. The van der Waals surface area contributed by atoms with Crippen LogP contribution >= 0.6 is 11.6 Å². The molecule has 1 heterocycles. The van der Waals surface area contributed by atoms with Crippen molar-refractivity contribution in [2.24, 2.45) is 5.73 Å². The summed E-state index contributed by atoms with van der Waals surface area (Å²) in [7, 11) is 0. The molecule has 0 saturated heterocycles. The van der Waals surface area contributed by atoms with Gasteiger partial charge in [-0.15, -0.1) is 0 Å². The van der Waals surface area contributed by atoms with Crippen molar-refractivity contribution in [2.75, 3.05) is 0 Å². The molecule has 0 saturated carbocycles. The molecule has 0 spiro atoms. The number of hydrogen-bond donors (Lipinski definition) is 1. The molecular weight excluding hydrogens is 272 g/mol. The van der Waals surface area contributed by atoms with E-state index < -0.39 is 0 Å². The number of halogens is 1. The fourth-order valence-corrected chi connectivity index (χ4v) is 2.19. The Hall–Kier alpha value is -1.58. The lowest BCUT2D eigenvalue weighted by molar-refractivity contribution is 0.302. The number of benzene rings is 1. The Morgan fingerprint density at radius 2 is 2.00 bits per heavy atom. The second-order valence-electron chi connectivity index (χ2n) is 4.74. The third-order valence-electron chi connectivity index (χ3n) is 3.19. The number of ether oxygens (including phenoxy) is 1. The zero-order chi connectivity index (χ0) is 14.4. The quantitative estimate of drug-likeness (QED) is 0.884. The molecule has 20 heavy (non-hydrogen) atoms. The Bertz CT molecular complexity index is 545. The summed E-state index contributed by atoms with van der Waals surface area (Å²) in [5.74, 6) is 0.731. The van der Waals surface area contributed by atoms with Crippen LogP contribution in [-0.2, 0) is 13.0 Å². The molecule has 1 atom stereocenters. The third kappa shape index (κ3) is 3.95. The maximum atomic E-state index is 6.24. The van der Waals surface area contributed by atoms with Crippen LogP contribution in [0.4, 0.5) is 0 Å². The van der Waals surface area contributed by atoms with Crippen LogP contribution in [0.25, 0.3) is 0 Å². The lowest BCUT2D eigenvalue weighted by atomic mass is 10.0. The number of pyridine rings is 1. The van der Waals surface area contributed by atoms with E-state index in [1.165, 1.54) is 0 Å². The summed E-state index contributed by atoms with van der Waals surface area (Å²) in [6.07, 6.45) is 5.19. The van der Waals surface area contributed by atoms with Gasteiger partial charge in [0.1, 0.15) is 12.4 Å². The Labute approximate surface area is 124 Å². The van der Waals surface area contributed by atoms with E-state index >= 15 is 0 Å². The smallest absolute Gasteiger partial charge is 0.141 e. The van der Waals surface area contributed by atoms with Crippen molar-refractivity contribution >= 4 is 11.6 Å². The van der Waals surface area contributed by atoms with Gasteiger partial charge in [0.2, 0.25) is 0 Å². The van der Waals surface area contributed by atoms with Gasteiger partial charge in [0, 0.05) is 18.4 Å². The fourth-order valence-electron chi connectivity index (χ4n) is 1.94. The molecule has 0 aliphatic carbocycles. The second kappa shape index (κ2) is 7.27. The van der Waals surface area contributed by atoms with Crippen molar-refractivity contribution in [3.63, 3.8) is 0 Å². The third-order valence-corrected chi connectivity index (χ3v) is 3.49. The molecule has 0 aliphatic rings. The minimum absolute atomic E-state index is 0.122. The van der Waals surface area contributed by atoms with Crippen LogP contribution in [0.3, 0.4) is 0 Å². The van der Waals surface area contributed by atoms with Gasteiger partial charge in [-0.3, -0.25) is 4.98 Å². The normalized spacial score (nSPS) is 12.2. The summed E-state index contributed by atoms with van der Waals surface area (Å²) in [5.41, 5.74) is 8.14. The first-order valence-electron chi connectivity index (χ1n) is 6.75. The summed E-state index contributed by atoms with van der Waals surface area (Å²) in [5, 5.41) is 0.625. The van der Waals surface area contributed by atoms with Crippen molar-refractivity contribution in [2.45, 2.75) is 32.4 Å². The molecule has 1 unspecified atom stereocenters. The highest BCUT2D eigenvalue weighted by atomic mass is 35.5. The summed E-state index contributed by atoms with van der Waals surface area (Å²) in [6.45, 7) is 2.55. The summed E-state index contributed by atoms with van der Waals surface area (Å²) in [6, 6.07) is 9.76. The fraction of sp³-hybridized carbons (Fsp3) is 0.312. The highest BCUT2D eigenvalue weighted by Gasteiger charge is 2.11. The van der Waals surface area contributed by atoms with Crippen LogP contribution in [0.15, 0.2) is 42.7 Å². The average Bonchev–Trinajstić information content (AvgIpc) is 2.47. The molecule has 0 fully saturated rings. The predicted molar refractivity (Wildman–Crippen MR) is 82.0 cm³/mol. The van der Waals surface area contributed by atoms with Gasteiger partial charge in [-0.05, 0) is 42.2 Å². The molecule has 4 heteroatoms. The summed E-state index contributed by atoms with van der Waals surface area (Å²) < 4.78 is 5.88. The maximum Gasteiger partial charge on any atom is 0.141 e. The van der Waals surface area contributed by atoms with Gasteiger partial charge in [-0.1, -0.05) is 30.7 Å². The molecule has 0 amide bonds. The molecule has 1 aromatic carbocycles. The van der Waals surface area contributed by atoms with Crippen molar-refractivity contribution in [3.8, 4) is 5.75 Å². The van der Waals surface area contributed by atoms with Crippen molar-refractivity contribution in [3.05, 3.63) is 58.9 Å². The number of rotatable bonds is 6. The van der Waals surface area contributed by atoms with Crippen LogP contribution in [0, 0.1) is 0 Å². The maximum absolute atomic E-state index is 6.24. The number of nitrogens with zero attached hydrogens (tertiary/aromatic N) is 1. The van der Waals surface area contributed by atoms with Gasteiger partial charge in [-0.25, -0.2) is 0 Å². The Morgan fingerprint density at radius 1 is 1.25 bits per heavy atom. The van der Waals surface area contributed by atoms with Gasteiger partial charge in [0.15, 0.2) is 0 Å². The molecule has 2 rings (SSSR count). The van der Waals surface area contributed by atoms with Gasteiger partial charge in [-0.2, -0.15) is 0 Å². The van der Waals surface area contributed by atoms with Gasteiger partial charge in [0.25, 0.3) is 0 Å². The number of para-hydroxylation sites is 1. The Balaban J connectivity index is 2.13. The number of nitrogens with two attached hydrogens (primary N) is 1. The summed E-state index contributed by atoms with van der Waals surface area (Å²) >= 11 is 6.24. The SMILES string of the molecule is CCC(N)Cc1cccc(Cl)c1OCc1ccncc1. The molecular formula is C16H19ClN2O. The number of aromatic nitrogens is 1. The minimum atomic E-state index is 0.122. The van der Waals surface area contributed by atoms with Gasteiger partial charge < -0.3 is 10.5 Å². The number of hydrogen-bond acceptors (Lipinski definition) is 3. The average molecular weight is 291 g/mol. The highest BCUT2D eigenvalue weighted by molar-refractivity contribution is 6.32. The monoisotopic (exact) mass is 290 g/mol. The predicted octanol–water partition coefficient (Wildman–Crippen LogP) is 3.59. The van der Waals surface area contributed by atoms with Crippen molar-refractivity contribution in [1.29, 1.82) is 0 Å². The standard InChI is InChI=1S/C16H19ClN2O/c1-2-14(18)10-13-4-3-5-15(17)16(13)20-11-12-6-8-19-9-7-12/h3-9,14H,2,10-11,18H2,1H3. The van der Waals surface area contributed by atoms with Crippen LogP contribution in [0.5, 0.6) is 5.75 Å². The molecule has 2 aromatic rings. The highest BCUT2D eigenvalue weighted by Crippen LogP contribution is 2.30. The first-order chi connectivity index (χ1) is 9.70. The molecule has 0 aliphatic heterocycles. The lowest BCUT2D eigenvalue weighted by Crippen LogP contribution is -2.21. The topological polar surface area (TPSA) is 48.1 Å². The van der Waals surface area contributed by atoms with Crippen LogP contribution in [0.2, 0.25) is 5.02 Å². The molecule has 106 valence electrons. The minimum Gasteiger partial charge on any atom is -0.487 e. The van der Waals surface area contributed by atoms with E-state index in [9.17, 15) is 0 Å².